The van der Waals surface area contributed by atoms with Crippen LogP contribution in [0.1, 0.15) is 5.56 Å². The molecule has 0 fully saturated rings. The van der Waals surface area contributed by atoms with Crippen molar-refractivity contribution in [1.82, 2.24) is 0 Å². The SMILES string of the molecule is N[C@H](Cc1ccc(S(=O)(=O)F)cc1)C(=O)O. The quantitative estimate of drug-likeness (QED) is 0.746. The van der Waals surface area contributed by atoms with Crippen molar-refractivity contribution in [3.05, 3.63) is 29.8 Å². The summed E-state index contributed by atoms with van der Waals surface area (Å²) in [7, 11) is -4.71. The van der Waals surface area contributed by atoms with E-state index in [0.29, 0.717) is 5.56 Å². The number of aliphatic carboxylic acids is 1. The van der Waals surface area contributed by atoms with Crippen LogP contribution in [0.5, 0.6) is 0 Å². The van der Waals surface area contributed by atoms with Crippen molar-refractivity contribution in [1.29, 1.82) is 0 Å². The Morgan fingerprint density at radius 1 is 1.38 bits per heavy atom. The molecule has 0 aromatic heterocycles. The van der Waals surface area contributed by atoms with E-state index < -0.39 is 27.1 Å². The van der Waals surface area contributed by atoms with Gasteiger partial charge in [-0.05, 0) is 24.1 Å². The van der Waals surface area contributed by atoms with Crippen molar-refractivity contribution >= 4 is 16.2 Å². The van der Waals surface area contributed by atoms with Crippen LogP contribution in [0.4, 0.5) is 3.89 Å². The molecule has 0 aliphatic rings. The van der Waals surface area contributed by atoms with Gasteiger partial charge in [0, 0.05) is 0 Å². The van der Waals surface area contributed by atoms with E-state index in [2.05, 4.69) is 0 Å². The number of carboxylic acid groups (broad SMARTS) is 1. The molecule has 0 bridgehead atoms. The smallest absolute Gasteiger partial charge is 0.332 e. The topological polar surface area (TPSA) is 97.5 Å². The number of halogens is 1. The van der Waals surface area contributed by atoms with E-state index in [1.807, 2.05) is 0 Å². The molecule has 0 saturated carbocycles. The second-order valence-corrected chi connectivity index (χ2v) is 4.58. The molecule has 1 aromatic carbocycles. The summed E-state index contributed by atoms with van der Waals surface area (Å²) in [5.74, 6) is -1.15. The fraction of sp³-hybridized carbons (Fsp3) is 0.222. The van der Waals surface area contributed by atoms with E-state index >= 15 is 0 Å². The summed E-state index contributed by atoms with van der Waals surface area (Å²) in [6.45, 7) is 0. The van der Waals surface area contributed by atoms with Crippen LogP contribution in [0, 0.1) is 0 Å². The lowest BCUT2D eigenvalue weighted by atomic mass is 10.1. The van der Waals surface area contributed by atoms with Crippen LogP contribution in [0.3, 0.4) is 0 Å². The average Bonchev–Trinajstić information content (AvgIpc) is 2.17. The zero-order valence-corrected chi connectivity index (χ0v) is 8.95. The molecule has 1 aromatic rings. The molecule has 1 rings (SSSR count). The van der Waals surface area contributed by atoms with Gasteiger partial charge in [0.15, 0.2) is 0 Å². The van der Waals surface area contributed by atoms with Crippen LogP contribution in [0.2, 0.25) is 0 Å². The van der Waals surface area contributed by atoms with E-state index in [1.54, 1.807) is 0 Å². The highest BCUT2D eigenvalue weighted by Crippen LogP contribution is 2.13. The fourth-order valence-corrected chi connectivity index (χ4v) is 1.59. The van der Waals surface area contributed by atoms with Gasteiger partial charge < -0.3 is 10.8 Å². The molecule has 0 heterocycles. The Bertz CT molecular complexity index is 483. The molecule has 88 valence electrons. The molecule has 0 unspecified atom stereocenters. The van der Waals surface area contributed by atoms with Crippen molar-refractivity contribution in [3.63, 3.8) is 0 Å². The molecule has 0 spiro atoms. The fourth-order valence-electron chi connectivity index (χ4n) is 1.13. The van der Waals surface area contributed by atoms with Gasteiger partial charge in [-0.1, -0.05) is 12.1 Å². The molecule has 0 aliphatic heterocycles. The first-order valence-corrected chi connectivity index (χ1v) is 5.71. The molecule has 0 aliphatic carbocycles. The lowest BCUT2D eigenvalue weighted by Crippen LogP contribution is -2.32. The molecule has 0 radical (unpaired) electrons. The molecule has 0 saturated heterocycles. The van der Waals surface area contributed by atoms with Gasteiger partial charge in [0.05, 0.1) is 4.90 Å². The van der Waals surface area contributed by atoms with Crippen molar-refractivity contribution in [2.75, 3.05) is 0 Å². The Labute approximate surface area is 91.9 Å². The van der Waals surface area contributed by atoms with E-state index in [9.17, 15) is 17.1 Å². The monoisotopic (exact) mass is 247 g/mol. The third-order valence-electron chi connectivity index (χ3n) is 1.98. The van der Waals surface area contributed by atoms with Gasteiger partial charge >= 0.3 is 16.2 Å². The second-order valence-electron chi connectivity index (χ2n) is 3.23. The highest BCUT2D eigenvalue weighted by molar-refractivity contribution is 7.86. The van der Waals surface area contributed by atoms with Crippen LogP contribution in [0.15, 0.2) is 29.2 Å². The van der Waals surface area contributed by atoms with Crippen molar-refractivity contribution in [3.8, 4) is 0 Å². The summed E-state index contributed by atoms with van der Waals surface area (Å²) in [4.78, 5) is 9.99. The number of nitrogens with two attached hydrogens (primary N) is 1. The van der Waals surface area contributed by atoms with Crippen LogP contribution >= 0.6 is 0 Å². The van der Waals surface area contributed by atoms with E-state index in [4.69, 9.17) is 10.8 Å². The third-order valence-corrected chi connectivity index (χ3v) is 2.81. The summed E-state index contributed by atoms with van der Waals surface area (Å²) in [6.07, 6.45) is 0.0575. The van der Waals surface area contributed by atoms with Crippen LogP contribution in [-0.4, -0.2) is 25.5 Å². The summed E-state index contributed by atoms with van der Waals surface area (Å²) < 4.78 is 33.5. The van der Waals surface area contributed by atoms with Gasteiger partial charge in [-0.25, -0.2) is 0 Å². The average molecular weight is 247 g/mol. The highest BCUT2D eigenvalue weighted by Gasteiger charge is 2.14. The van der Waals surface area contributed by atoms with Crippen LogP contribution < -0.4 is 5.73 Å². The van der Waals surface area contributed by atoms with Gasteiger partial charge in [0.1, 0.15) is 6.04 Å². The van der Waals surface area contributed by atoms with E-state index in [1.165, 1.54) is 12.1 Å². The Kier molecular flexibility index (Phi) is 3.61. The molecule has 16 heavy (non-hydrogen) atoms. The molecule has 7 heteroatoms. The summed E-state index contributed by atoms with van der Waals surface area (Å²) in [5, 5.41) is 8.55. The number of carboxylic acids is 1. The predicted molar refractivity (Wildman–Crippen MR) is 54.1 cm³/mol. The van der Waals surface area contributed by atoms with Crippen molar-refractivity contribution < 1.29 is 22.2 Å². The molecule has 1 atom stereocenters. The summed E-state index contributed by atoms with van der Waals surface area (Å²) >= 11 is 0. The number of carbonyl (C=O) groups is 1. The Hall–Kier alpha value is -1.47. The van der Waals surface area contributed by atoms with Crippen molar-refractivity contribution in [2.45, 2.75) is 17.4 Å². The van der Waals surface area contributed by atoms with E-state index in [-0.39, 0.29) is 6.42 Å². The normalized spacial score (nSPS) is 13.4. The molecule has 0 amide bonds. The zero-order valence-electron chi connectivity index (χ0n) is 8.13. The standard InChI is InChI=1S/C9H10FNO4S/c10-16(14,15)7-3-1-6(2-4-7)5-8(11)9(12)13/h1-4,8H,5,11H2,(H,12,13)/t8-/m1/s1. The summed E-state index contributed by atoms with van der Waals surface area (Å²) in [6, 6.07) is 3.73. The highest BCUT2D eigenvalue weighted by atomic mass is 32.3. The number of rotatable bonds is 4. The van der Waals surface area contributed by atoms with Crippen LogP contribution in [0.25, 0.3) is 0 Å². The molecule has 5 nitrogen and oxygen atoms in total. The zero-order chi connectivity index (χ0) is 12.3. The minimum atomic E-state index is -4.71. The third kappa shape index (κ3) is 3.28. The van der Waals surface area contributed by atoms with Gasteiger partial charge in [-0.3, -0.25) is 4.79 Å². The first-order chi connectivity index (χ1) is 7.30. The molecular formula is C9H10FNO4S. The van der Waals surface area contributed by atoms with Crippen LogP contribution in [-0.2, 0) is 21.4 Å². The first kappa shape index (κ1) is 12.6. The summed E-state index contributed by atoms with van der Waals surface area (Å²) in [5.41, 5.74) is 5.81. The molecular weight excluding hydrogens is 237 g/mol. The van der Waals surface area contributed by atoms with Gasteiger partial charge in [0.25, 0.3) is 0 Å². The minimum absolute atomic E-state index is 0.0575. The largest absolute Gasteiger partial charge is 0.480 e. The number of benzene rings is 1. The Morgan fingerprint density at radius 2 is 1.88 bits per heavy atom. The van der Waals surface area contributed by atoms with Gasteiger partial charge in [-0.2, -0.15) is 8.42 Å². The van der Waals surface area contributed by atoms with Crippen molar-refractivity contribution in [2.24, 2.45) is 5.73 Å². The lowest BCUT2D eigenvalue weighted by molar-refractivity contribution is -0.138. The number of hydrogen-bond acceptors (Lipinski definition) is 4. The number of hydrogen-bond donors (Lipinski definition) is 2. The first-order valence-electron chi connectivity index (χ1n) is 4.32. The molecule has 3 N–H and O–H groups in total. The Balaban J connectivity index is 2.84. The predicted octanol–water partition coefficient (Wildman–Crippen LogP) is 0.299. The Morgan fingerprint density at radius 3 is 2.25 bits per heavy atom. The van der Waals surface area contributed by atoms with Gasteiger partial charge in [-0.15, -0.1) is 3.89 Å². The maximum absolute atomic E-state index is 12.5. The van der Waals surface area contributed by atoms with Gasteiger partial charge in [0.2, 0.25) is 0 Å². The second kappa shape index (κ2) is 4.58. The lowest BCUT2D eigenvalue weighted by Gasteiger charge is -2.06. The maximum Gasteiger partial charge on any atom is 0.332 e. The maximum atomic E-state index is 12.5. The minimum Gasteiger partial charge on any atom is -0.480 e. The van der Waals surface area contributed by atoms with E-state index in [0.717, 1.165) is 12.1 Å².